The van der Waals surface area contributed by atoms with Gasteiger partial charge in [-0.15, -0.1) is 0 Å². The Balaban J connectivity index is 2.28. The van der Waals surface area contributed by atoms with Crippen LogP contribution in [0.5, 0.6) is 0 Å². The number of alkyl halides is 1. The minimum absolute atomic E-state index is 0.122. The van der Waals surface area contributed by atoms with Crippen molar-refractivity contribution < 1.29 is 5.11 Å². The van der Waals surface area contributed by atoms with Gasteiger partial charge in [-0.25, -0.2) is 0 Å². The molecule has 2 nitrogen and oxygen atoms in total. The molecule has 1 rings (SSSR count). The number of aliphatic hydroxyl groups excluding tert-OH is 1. The molecule has 0 bridgehead atoms. The van der Waals surface area contributed by atoms with E-state index in [0.717, 1.165) is 19.4 Å². The van der Waals surface area contributed by atoms with Crippen LogP contribution in [0, 0.1) is 0 Å². The van der Waals surface area contributed by atoms with Gasteiger partial charge in [-0.2, -0.15) is 0 Å². The number of halogens is 1. The molecule has 0 aliphatic carbocycles. The zero-order valence-corrected chi connectivity index (χ0v) is 6.19. The van der Waals surface area contributed by atoms with Gasteiger partial charge in [-0.1, -0.05) is 15.9 Å². The van der Waals surface area contributed by atoms with Crippen molar-refractivity contribution in [3.8, 4) is 0 Å². The number of aliphatic hydroxyl groups is 1. The van der Waals surface area contributed by atoms with E-state index in [1.54, 1.807) is 0 Å². The van der Waals surface area contributed by atoms with Gasteiger partial charge >= 0.3 is 0 Å². The van der Waals surface area contributed by atoms with Crippen LogP contribution in [-0.4, -0.2) is 22.7 Å². The van der Waals surface area contributed by atoms with Crippen molar-refractivity contribution >= 4 is 15.9 Å². The highest BCUT2D eigenvalue weighted by Gasteiger charge is 2.18. The third-order valence-corrected chi connectivity index (χ3v) is 2.29. The number of piperidine rings is 1. The van der Waals surface area contributed by atoms with Gasteiger partial charge in [0.25, 0.3) is 0 Å². The number of rotatable bonds is 0. The lowest BCUT2D eigenvalue weighted by molar-refractivity contribution is 0.132. The number of nitrogens with one attached hydrogen (secondary N) is 1. The van der Waals surface area contributed by atoms with Crippen LogP contribution < -0.4 is 5.32 Å². The van der Waals surface area contributed by atoms with E-state index in [4.69, 9.17) is 5.11 Å². The van der Waals surface area contributed by atoms with Crippen LogP contribution >= 0.6 is 15.9 Å². The molecule has 3 heteroatoms. The standard InChI is InChI=1S/C5H10BrNO/c6-5-4(8)2-1-3-7-5/h4-5,7-8H,1-3H2. The average molecular weight is 180 g/mol. The lowest BCUT2D eigenvalue weighted by Crippen LogP contribution is -2.40. The summed E-state index contributed by atoms with van der Waals surface area (Å²) in [4.78, 5) is 0.122. The van der Waals surface area contributed by atoms with E-state index >= 15 is 0 Å². The lowest BCUT2D eigenvalue weighted by Gasteiger charge is -2.23. The van der Waals surface area contributed by atoms with E-state index in [9.17, 15) is 0 Å². The normalized spacial score (nSPS) is 39.8. The molecule has 1 aliphatic rings. The molecule has 0 amide bonds. The summed E-state index contributed by atoms with van der Waals surface area (Å²) in [5, 5.41) is 12.2. The molecule has 8 heavy (non-hydrogen) atoms. The molecule has 0 aromatic heterocycles. The average Bonchev–Trinajstić information content (AvgIpc) is 1.77. The zero-order chi connectivity index (χ0) is 5.98. The highest BCUT2D eigenvalue weighted by Crippen LogP contribution is 2.12. The van der Waals surface area contributed by atoms with Gasteiger partial charge < -0.3 is 10.4 Å². The highest BCUT2D eigenvalue weighted by molar-refractivity contribution is 9.09. The molecule has 0 aromatic rings. The molecule has 0 aromatic carbocycles. The van der Waals surface area contributed by atoms with Crippen LogP contribution in [0.25, 0.3) is 0 Å². The first-order chi connectivity index (χ1) is 3.80. The topological polar surface area (TPSA) is 32.3 Å². The lowest BCUT2D eigenvalue weighted by atomic mass is 10.1. The summed E-state index contributed by atoms with van der Waals surface area (Å²) in [7, 11) is 0. The van der Waals surface area contributed by atoms with E-state index in [0.29, 0.717) is 0 Å². The summed E-state index contributed by atoms with van der Waals surface area (Å²) in [6, 6.07) is 0. The van der Waals surface area contributed by atoms with Gasteiger partial charge in [0.15, 0.2) is 0 Å². The van der Waals surface area contributed by atoms with Gasteiger partial charge in [0.2, 0.25) is 0 Å². The number of hydrogen-bond donors (Lipinski definition) is 2. The van der Waals surface area contributed by atoms with Crippen molar-refractivity contribution in [3.63, 3.8) is 0 Å². The fraction of sp³-hybridized carbons (Fsp3) is 1.00. The van der Waals surface area contributed by atoms with E-state index in [2.05, 4.69) is 21.2 Å². The zero-order valence-electron chi connectivity index (χ0n) is 4.60. The van der Waals surface area contributed by atoms with Crippen molar-refractivity contribution in [3.05, 3.63) is 0 Å². The molecule has 1 fully saturated rings. The summed E-state index contributed by atoms with van der Waals surface area (Å²) in [5.74, 6) is 0. The minimum atomic E-state index is -0.191. The number of hydrogen-bond acceptors (Lipinski definition) is 2. The minimum Gasteiger partial charge on any atom is -0.391 e. The van der Waals surface area contributed by atoms with Gasteiger partial charge in [-0.3, -0.25) is 0 Å². The quantitative estimate of drug-likeness (QED) is 0.419. The van der Waals surface area contributed by atoms with Crippen LogP contribution in [-0.2, 0) is 0 Å². The molecule has 2 unspecified atom stereocenters. The maximum atomic E-state index is 9.07. The fourth-order valence-electron chi connectivity index (χ4n) is 0.834. The Kier molecular flexibility index (Phi) is 2.28. The second-order valence-corrected chi connectivity index (χ2v) is 3.05. The van der Waals surface area contributed by atoms with Gasteiger partial charge in [0.05, 0.1) is 11.1 Å². The molecule has 0 spiro atoms. The second-order valence-electron chi connectivity index (χ2n) is 2.07. The van der Waals surface area contributed by atoms with Crippen LogP contribution in [0.1, 0.15) is 12.8 Å². The Morgan fingerprint density at radius 1 is 1.62 bits per heavy atom. The molecule has 1 saturated heterocycles. The fourth-order valence-corrected chi connectivity index (χ4v) is 1.33. The third kappa shape index (κ3) is 1.44. The van der Waals surface area contributed by atoms with Crippen molar-refractivity contribution in [1.29, 1.82) is 0 Å². The van der Waals surface area contributed by atoms with E-state index in [1.807, 2.05) is 0 Å². The Labute approximate surface area is 57.4 Å². The predicted molar refractivity (Wildman–Crippen MR) is 36.0 cm³/mol. The van der Waals surface area contributed by atoms with Crippen molar-refractivity contribution in [1.82, 2.24) is 5.32 Å². The monoisotopic (exact) mass is 179 g/mol. The molecule has 1 aliphatic heterocycles. The molecular weight excluding hydrogens is 170 g/mol. The van der Waals surface area contributed by atoms with Gasteiger partial charge in [0, 0.05) is 0 Å². The Morgan fingerprint density at radius 2 is 2.38 bits per heavy atom. The predicted octanol–water partition coefficient (Wildman–Crippen LogP) is 0.452. The summed E-state index contributed by atoms with van der Waals surface area (Å²) >= 11 is 3.29. The Bertz CT molecular complexity index is 68.8. The van der Waals surface area contributed by atoms with Crippen molar-refractivity contribution in [2.45, 2.75) is 23.9 Å². The largest absolute Gasteiger partial charge is 0.391 e. The SMILES string of the molecule is OC1CCCNC1Br. The Hall–Kier alpha value is 0.400. The van der Waals surface area contributed by atoms with Crippen LogP contribution in [0.15, 0.2) is 0 Å². The molecule has 1 heterocycles. The highest BCUT2D eigenvalue weighted by atomic mass is 79.9. The summed E-state index contributed by atoms with van der Waals surface area (Å²) in [6.07, 6.45) is 1.82. The summed E-state index contributed by atoms with van der Waals surface area (Å²) in [6.45, 7) is 1.02. The first-order valence-electron chi connectivity index (χ1n) is 2.86. The first kappa shape index (κ1) is 6.52. The maximum absolute atomic E-state index is 9.07. The Morgan fingerprint density at radius 3 is 2.75 bits per heavy atom. The van der Waals surface area contributed by atoms with Crippen molar-refractivity contribution in [2.24, 2.45) is 0 Å². The molecule has 48 valence electrons. The molecule has 2 N–H and O–H groups in total. The molecule has 0 saturated carbocycles. The molecular formula is C5H10BrNO. The smallest absolute Gasteiger partial charge is 0.0893 e. The van der Waals surface area contributed by atoms with Gasteiger partial charge in [-0.05, 0) is 19.4 Å². The van der Waals surface area contributed by atoms with Crippen LogP contribution in [0.3, 0.4) is 0 Å². The van der Waals surface area contributed by atoms with E-state index < -0.39 is 0 Å². The second kappa shape index (κ2) is 2.80. The van der Waals surface area contributed by atoms with Gasteiger partial charge in [0.1, 0.15) is 0 Å². The van der Waals surface area contributed by atoms with Crippen LogP contribution in [0.2, 0.25) is 0 Å². The van der Waals surface area contributed by atoms with Crippen LogP contribution in [0.4, 0.5) is 0 Å². The summed E-state index contributed by atoms with van der Waals surface area (Å²) < 4.78 is 0. The molecule has 0 radical (unpaired) electrons. The maximum Gasteiger partial charge on any atom is 0.0893 e. The van der Waals surface area contributed by atoms with Crippen molar-refractivity contribution in [2.75, 3.05) is 6.54 Å². The first-order valence-corrected chi connectivity index (χ1v) is 3.78. The van der Waals surface area contributed by atoms with E-state index in [1.165, 1.54) is 0 Å². The summed E-state index contributed by atoms with van der Waals surface area (Å²) in [5.41, 5.74) is 0. The molecule has 2 atom stereocenters. The van der Waals surface area contributed by atoms with E-state index in [-0.39, 0.29) is 11.1 Å². The third-order valence-electron chi connectivity index (χ3n) is 1.35.